The second-order valence-electron chi connectivity index (χ2n) is 8.20. The van der Waals surface area contributed by atoms with E-state index in [2.05, 4.69) is 0 Å². The molecule has 0 aliphatic carbocycles. The van der Waals surface area contributed by atoms with Crippen molar-refractivity contribution in [1.82, 2.24) is 9.80 Å². The van der Waals surface area contributed by atoms with Gasteiger partial charge in [-0.3, -0.25) is 9.59 Å². The van der Waals surface area contributed by atoms with Gasteiger partial charge in [0, 0.05) is 27.2 Å². The zero-order valence-corrected chi connectivity index (χ0v) is 20.3. The monoisotopic (exact) mass is 488 g/mol. The summed E-state index contributed by atoms with van der Waals surface area (Å²) in [5.41, 5.74) is 2.30. The van der Waals surface area contributed by atoms with Crippen molar-refractivity contribution in [1.29, 1.82) is 0 Å². The Bertz CT molecular complexity index is 1090. The molecule has 0 heterocycles. The first-order valence-electron chi connectivity index (χ1n) is 11.3. The van der Waals surface area contributed by atoms with Crippen LogP contribution in [0, 0.1) is 0 Å². The van der Waals surface area contributed by atoms with Gasteiger partial charge in [0.1, 0.15) is 0 Å². The minimum Gasteiger partial charge on any atom is -0.452 e. The highest BCUT2D eigenvalue weighted by Gasteiger charge is 2.16. The Kier molecular flexibility index (Phi) is 9.33. The van der Waals surface area contributed by atoms with Crippen molar-refractivity contribution in [3.63, 3.8) is 0 Å². The largest absolute Gasteiger partial charge is 0.452 e. The average molecular weight is 489 g/mol. The molecule has 0 N–H and O–H groups in total. The molecule has 0 aromatic heterocycles. The highest BCUT2D eigenvalue weighted by atomic mass is 16.5. The summed E-state index contributed by atoms with van der Waals surface area (Å²) in [6.07, 6.45) is 0. The Hall–Kier alpha value is -4.46. The number of hydrogen-bond acceptors (Lipinski definition) is 6. The summed E-state index contributed by atoms with van der Waals surface area (Å²) >= 11 is 0. The molecule has 0 unspecified atom stereocenters. The lowest BCUT2D eigenvalue weighted by Gasteiger charge is -2.17. The number of nitrogens with zero attached hydrogens (tertiary/aromatic N) is 2. The van der Waals surface area contributed by atoms with Crippen LogP contribution in [0.5, 0.6) is 0 Å². The topological polar surface area (TPSA) is 93.2 Å². The van der Waals surface area contributed by atoms with E-state index in [4.69, 9.17) is 9.47 Å². The number of hydrogen-bond donors (Lipinski definition) is 0. The molecule has 3 rings (SSSR count). The van der Waals surface area contributed by atoms with E-state index in [0.29, 0.717) is 13.1 Å². The van der Waals surface area contributed by atoms with Crippen LogP contribution in [-0.2, 0) is 32.2 Å². The van der Waals surface area contributed by atoms with Crippen molar-refractivity contribution >= 4 is 23.8 Å². The molecule has 0 aliphatic rings. The lowest BCUT2D eigenvalue weighted by molar-refractivity contribution is -0.134. The SMILES string of the molecule is CN(Cc1ccccc1)C(=O)COC(=O)c1ccc(C(=O)OCC(=O)N(C)Cc2ccccc2)cc1. The average Bonchev–Trinajstić information content (AvgIpc) is 2.91. The van der Waals surface area contributed by atoms with Gasteiger partial charge in [0.05, 0.1) is 11.1 Å². The standard InChI is InChI=1S/C28H28N2O6/c1-29(17-21-9-5-3-6-10-21)25(31)19-35-27(33)23-13-15-24(16-14-23)28(34)36-20-26(32)30(2)18-22-11-7-4-8-12-22/h3-16H,17-20H2,1-2H3. The van der Waals surface area contributed by atoms with E-state index in [-0.39, 0.29) is 22.9 Å². The lowest BCUT2D eigenvalue weighted by Crippen LogP contribution is -2.31. The van der Waals surface area contributed by atoms with Crippen LogP contribution in [0.4, 0.5) is 0 Å². The molecule has 3 aromatic rings. The fourth-order valence-electron chi connectivity index (χ4n) is 3.27. The van der Waals surface area contributed by atoms with Gasteiger partial charge in [-0.1, -0.05) is 60.7 Å². The van der Waals surface area contributed by atoms with E-state index in [1.807, 2.05) is 60.7 Å². The smallest absolute Gasteiger partial charge is 0.338 e. The summed E-state index contributed by atoms with van der Waals surface area (Å²) in [6.45, 7) is 0.00626. The van der Waals surface area contributed by atoms with Gasteiger partial charge >= 0.3 is 11.9 Å². The van der Waals surface area contributed by atoms with Gasteiger partial charge < -0.3 is 19.3 Å². The van der Waals surface area contributed by atoms with Crippen molar-refractivity contribution in [3.05, 3.63) is 107 Å². The number of amides is 2. The second kappa shape index (κ2) is 12.9. The van der Waals surface area contributed by atoms with Crippen LogP contribution in [0.1, 0.15) is 31.8 Å². The quantitative estimate of drug-likeness (QED) is 0.407. The van der Waals surface area contributed by atoms with Crippen molar-refractivity contribution in [2.45, 2.75) is 13.1 Å². The van der Waals surface area contributed by atoms with Crippen LogP contribution in [-0.4, -0.2) is 60.9 Å². The van der Waals surface area contributed by atoms with Crippen LogP contribution < -0.4 is 0 Å². The number of likely N-dealkylation sites (N-methyl/N-ethyl adjacent to an activating group) is 2. The molecule has 36 heavy (non-hydrogen) atoms. The van der Waals surface area contributed by atoms with Crippen LogP contribution >= 0.6 is 0 Å². The Labute approximate surface area is 210 Å². The van der Waals surface area contributed by atoms with Crippen LogP contribution in [0.3, 0.4) is 0 Å². The molecular weight excluding hydrogens is 460 g/mol. The zero-order chi connectivity index (χ0) is 25.9. The molecule has 8 heteroatoms. The van der Waals surface area contributed by atoms with E-state index < -0.39 is 25.2 Å². The van der Waals surface area contributed by atoms with Gasteiger partial charge in [0.2, 0.25) is 0 Å². The Morgan fingerprint density at radius 1 is 0.556 bits per heavy atom. The van der Waals surface area contributed by atoms with Crippen LogP contribution in [0.2, 0.25) is 0 Å². The summed E-state index contributed by atoms with van der Waals surface area (Å²) in [6, 6.07) is 24.6. The molecule has 0 radical (unpaired) electrons. The summed E-state index contributed by atoms with van der Waals surface area (Å²) in [4.78, 5) is 52.0. The molecule has 3 aromatic carbocycles. The summed E-state index contributed by atoms with van der Waals surface area (Å²) in [7, 11) is 3.27. The Morgan fingerprint density at radius 3 is 1.22 bits per heavy atom. The maximum absolute atomic E-state index is 12.3. The third-order valence-electron chi connectivity index (χ3n) is 5.39. The normalized spacial score (nSPS) is 10.3. The van der Waals surface area contributed by atoms with Gasteiger partial charge in [-0.2, -0.15) is 0 Å². The van der Waals surface area contributed by atoms with E-state index >= 15 is 0 Å². The van der Waals surface area contributed by atoms with E-state index in [0.717, 1.165) is 11.1 Å². The van der Waals surface area contributed by atoms with Crippen LogP contribution in [0.15, 0.2) is 84.9 Å². The highest BCUT2D eigenvalue weighted by molar-refractivity contribution is 5.94. The third-order valence-corrected chi connectivity index (χ3v) is 5.39. The first-order valence-corrected chi connectivity index (χ1v) is 11.3. The maximum Gasteiger partial charge on any atom is 0.338 e. The second-order valence-corrected chi connectivity index (χ2v) is 8.20. The van der Waals surface area contributed by atoms with E-state index in [1.54, 1.807) is 14.1 Å². The van der Waals surface area contributed by atoms with E-state index in [9.17, 15) is 19.2 Å². The minimum atomic E-state index is -0.686. The molecule has 0 aliphatic heterocycles. The van der Waals surface area contributed by atoms with Gasteiger partial charge in [0.15, 0.2) is 13.2 Å². The first kappa shape index (κ1) is 26.2. The zero-order valence-electron chi connectivity index (χ0n) is 20.3. The fourth-order valence-corrected chi connectivity index (χ4v) is 3.27. The number of rotatable bonds is 10. The van der Waals surface area contributed by atoms with Gasteiger partial charge in [0.25, 0.3) is 11.8 Å². The number of ether oxygens (including phenoxy) is 2. The highest BCUT2D eigenvalue weighted by Crippen LogP contribution is 2.09. The predicted molar refractivity (Wildman–Crippen MR) is 133 cm³/mol. The van der Waals surface area contributed by atoms with Crippen molar-refractivity contribution in [3.8, 4) is 0 Å². The van der Waals surface area contributed by atoms with Crippen molar-refractivity contribution in [2.24, 2.45) is 0 Å². The maximum atomic E-state index is 12.3. The Morgan fingerprint density at radius 2 is 0.889 bits per heavy atom. The molecular formula is C28H28N2O6. The van der Waals surface area contributed by atoms with Gasteiger partial charge in [-0.25, -0.2) is 9.59 Å². The lowest BCUT2D eigenvalue weighted by atomic mass is 10.1. The van der Waals surface area contributed by atoms with Crippen molar-refractivity contribution in [2.75, 3.05) is 27.3 Å². The molecule has 0 spiro atoms. The van der Waals surface area contributed by atoms with Gasteiger partial charge in [-0.15, -0.1) is 0 Å². The third kappa shape index (κ3) is 7.80. The van der Waals surface area contributed by atoms with E-state index in [1.165, 1.54) is 34.1 Å². The number of carbonyl (C=O) groups is 4. The summed E-state index contributed by atoms with van der Waals surface area (Å²) in [5.74, 6) is -2.05. The molecule has 0 atom stereocenters. The minimum absolute atomic E-state index is 0.184. The number of benzene rings is 3. The predicted octanol–water partition coefficient (Wildman–Crippen LogP) is 3.32. The van der Waals surface area contributed by atoms with Crippen molar-refractivity contribution < 1.29 is 28.7 Å². The molecule has 0 saturated carbocycles. The molecule has 8 nitrogen and oxygen atoms in total. The van der Waals surface area contributed by atoms with Crippen LogP contribution in [0.25, 0.3) is 0 Å². The molecule has 2 amide bonds. The summed E-state index contributed by atoms with van der Waals surface area (Å²) in [5, 5.41) is 0. The molecule has 186 valence electrons. The fraction of sp³-hybridized carbons (Fsp3) is 0.214. The Balaban J connectivity index is 1.43. The molecule has 0 bridgehead atoms. The molecule has 0 fully saturated rings. The number of carbonyl (C=O) groups excluding carboxylic acids is 4. The summed E-state index contributed by atoms with van der Waals surface area (Å²) < 4.78 is 10.2. The first-order chi connectivity index (χ1) is 17.3. The van der Waals surface area contributed by atoms with Gasteiger partial charge in [-0.05, 0) is 35.4 Å². The number of esters is 2. The molecule has 0 saturated heterocycles.